The first-order chi connectivity index (χ1) is 12.3. The minimum atomic E-state index is 1.05. The summed E-state index contributed by atoms with van der Waals surface area (Å²) in [6, 6.07) is 25.5. The van der Waals surface area contributed by atoms with Crippen molar-refractivity contribution in [2.24, 2.45) is 7.05 Å². The second-order valence-corrected chi connectivity index (χ2v) is 6.27. The van der Waals surface area contributed by atoms with Crippen LogP contribution in [-0.4, -0.2) is 0 Å². The molecule has 0 unspecified atom stereocenters. The SMILES string of the molecule is CCc1ccc(C#Cc2c3ccccc3[n+](C)c3ccccc23)cc1. The Morgan fingerprint density at radius 1 is 0.720 bits per heavy atom. The molecule has 0 atom stereocenters. The summed E-state index contributed by atoms with van der Waals surface area (Å²) in [6.45, 7) is 2.17. The van der Waals surface area contributed by atoms with Crippen LogP contribution in [0.25, 0.3) is 21.8 Å². The third kappa shape index (κ3) is 2.77. The minimum Gasteiger partial charge on any atom is -0.194 e. The van der Waals surface area contributed by atoms with Crippen molar-refractivity contribution in [2.45, 2.75) is 13.3 Å². The van der Waals surface area contributed by atoms with Gasteiger partial charge in [-0.2, -0.15) is 4.57 Å². The van der Waals surface area contributed by atoms with Crippen LogP contribution < -0.4 is 4.57 Å². The molecule has 4 aromatic rings. The Bertz CT molecular complexity index is 1070. The molecule has 0 bridgehead atoms. The Kier molecular flexibility index (Phi) is 3.96. The molecule has 1 heterocycles. The average Bonchev–Trinajstić information content (AvgIpc) is 2.68. The second kappa shape index (κ2) is 6.42. The molecule has 0 aliphatic carbocycles. The Balaban J connectivity index is 1.96. The van der Waals surface area contributed by atoms with Crippen molar-refractivity contribution < 1.29 is 4.57 Å². The summed E-state index contributed by atoms with van der Waals surface area (Å²) in [5.74, 6) is 6.81. The lowest BCUT2D eigenvalue weighted by Gasteiger charge is -2.05. The van der Waals surface area contributed by atoms with Crippen molar-refractivity contribution in [2.75, 3.05) is 0 Å². The number of para-hydroxylation sites is 2. The zero-order valence-electron chi connectivity index (χ0n) is 14.6. The molecule has 25 heavy (non-hydrogen) atoms. The molecule has 1 aromatic heterocycles. The van der Waals surface area contributed by atoms with Gasteiger partial charge in [-0.3, -0.25) is 0 Å². The van der Waals surface area contributed by atoms with Crippen LogP contribution in [0, 0.1) is 11.8 Å². The summed E-state index contributed by atoms with van der Waals surface area (Å²) < 4.78 is 2.24. The van der Waals surface area contributed by atoms with Crippen molar-refractivity contribution in [3.05, 3.63) is 89.5 Å². The number of aryl methyl sites for hydroxylation is 2. The number of hydrogen-bond donors (Lipinski definition) is 0. The summed E-state index contributed by atoms with van der Waals surface area (Å²) >= 11 is 0. The average molecular weight is 322 g/mol. The summed E-state index contributed by atoms with van der Waals surface area (Å²) in [4.78, 5) is 0. The highest BCUT2D eigenvalue weighted by Crippen LogP contribution is 2.23. The third-order valence-electron chi connectivity index (χ3n) is 4.76. The van der Waals surface area contributed by atoms with E-state index in [0.29, 0.717) is 0 Å². The number of pyridine rings is 1. The molecular formula is C24H20N+. The van der Waals surface area contributed by atoms with Gasteiger partial charge in [0.25, 0.3) is 0 Å². The van der Waals surface area contributed by atoms with Gasteiger partial charge in [0.15, 0.2) is 0 Å². The Morgan fingerprint density at radius 2 is 1.28 bits per heavy atom. The van der Waals surface area contributed by atoms with Crippen LogP contribution >= 0.6 is 0 Å². The highest BCUT2D eigenvalue weighted by atomic mass is 14.9. The topological polar surface area (TPSA) is 3.88 Å². The summed E-state index contributed by atoms with van der Waals surface area (Å²) in [6.07, 6.45) is 1.05. The van der Waals surface area contributed by atoms with Gasteiger partial charge in [0.2, 0.25) is 11.0 Å². The standard InChI is InChI=1S/C24H20N/c1-3-18-12-14-19(15-13-18)16-17-20-21-8-4-6-10-23(21)25(2)24-11-7-5-9-22(20)24/h4-15H,3H2,1-2H3/q+1. The summed E-state index contributed by atoms with van der Waals surface area (Å²) in [5, 5.41) is 2.39. The fourth-order valence-corrected chi connectivity index (χ4v) is 3.32. The van der Waals surface area contributed by atoms with E-state index in [4.69, 9.17) is 0 Å². The quantitative estimate of drug-likeness (QED) is 0.270. The van der Waals surface area contributed by atoms with Crippen LogP contribution in [0.3, 0.4) is 0 Å². The van der Waals surface area contributed by atoms with E-state index in [0.717, 1.165) is 17.5 Å². The molecule has 0 aliphatic heterocycles. The molecule has 0 saturated carbocycles. The van der Waals surface area contributed by atoms with Gasteiger partial charge in [-0.15, -0.1) is 0 Å². The molecule has 0 radical (unpaired) electrons. The largest absolute Gasteiger partial charge is 0.214 e. The van der Waals surface area contributed by atoms with E-state index in [-0.39, 0.29) is 0 Å². The number of benzene rings is 3. The van der Waals surface area contributed by atoms with Crippen molar-refractivity contribution in [1.82, 2.24) is 0 Å². The maximum absolute atomic E-state index is 3.45. The van der Waals surface area contributed by atoms with Crippen LogP contribution in [0.2, 0.25) is 0 Å². The highest BCUT2D eigenvalue weighted by Gasteiger charge is 2.15. The van der Waals surface area contributed by atoms with E-state index in [9.17, 15) is 0 Å². The van der Waals surface area contributed by atoms with Gasteiger partial charge in [0, 0.05) is 17.7 Å². The van der Waals surface area contributed by atoms with Gasteiger partial charge in [-0.05, 0) is 36.2 Å². The lowest BCUT2D eigenvalue weighted by Crippen LogP contribution is -2.30. The highest BCUT2D eigenvalue weighted by molar-refractivity contribution is 5.97. The van der Waals surface area contributed by atoms with Gasteiger partial charge in [0.1, 0.15) is 7.05 Å². The monoisotopic (exact) mass is 322 g/mol. The van der Waals surface area contributed by atoms with Crippen LogP contribution in [0.5, 0.6) is 0 Å². The molecule has 0 fully saturated rings. The maximum Gasteiger partial charge on any atom is 0.214 e. The van der Waals surface area contributed by atoms with Gasteiger partial charge in [-0.1, -0.05) is 55.2 Å². The van der Waals surface area contributed by atoms with Crippen molar-refractivity contribution in [1.29, 1.82) is 0 Å². The van der Waals surface area contributed by atoms with Crippen LogP contribution in [-0.2, 0) is 13.5 Å². The fourth-order valence-electron chi connectivity index (χ4n) is 3.32. The Labute approximate surface area is 148 Å². The predicted octanol–water partition coefficient (Wildman–Crippen LogP) is 4.78. The number of rotatable bonds is 1. The lowest BCUT2D eigenvalue weighted by molar-refractivity contribution is -0.617. The number of hydrogen-bond acceptors (Lipinski definition) is 0. The molecule has 1 nitrogen and oxygen atoms in total. The summed E-state index contributed by atoms with van der Waals surface area (Å²) in [5.41, 5.74) is 5.90. The molecule has 3 aromatic carbocycles. The molecule has 1 heteroatoms. The lowest BCUT2D eigenvalue weighted by atomic mass is 10.0. The van der Waals surface area contributed by atoms with Gasteiger partial charge in [0.05, 0.1) is 16.3 Å². The van der Waals surface area contributed by atoms with E-state index in [1.165, 1.54) is 27.4 Å². The zero-order chi connectivity index (χ0) is 17.2. The predicted molar refractivity (Wildman–Crippen MR) is 104 cm³/mol. The van der Waals surface area contributed by atoms with Gasteiger partial charge < -0.3 is 0 Å². The van der Waals surface area contributed by atoms with Crippen LogP contribution in [0.1, 0.15) is 23.6 Å². The normalized spacial score (nSPS) is 10.6. The summed E-state index contributed by atoms with van der Waals surface area (Å²) in [7, 11) is 2.12. The van der Waals surface area contributed by atoms with E-state index in [1.807, 2.05) is 0 Å². The van der Waals surface area contributed by atoms with Crippen molar-refractivity contribution >= 4 is 21.8 Å². The molecule has 0 saturated heterocycles. The zero-order valence-corrected chi connectivity index (χ0v) is 14.6. The third-order valence-corrected chi connectivity index (χ3v) is 4.76. The fraction of sp³-hybridized carbons (Fsp3) is 0.125. The smallest absolute Gasteiger partial charge is 0.194 e. The molecule has 120 valence electrons. The molecular weight excluding hydrogens is 302 g/mol. The first-order valence-corrected chi connectivity index (χ1v) is 8.68. The van der Waals surface area contributed by atoms with Crippen LogP contribution in [0.4, 0.5) is 0 Å². The van der Waals surface area contributed by atoms with Gasteiger partial charge >= 0.3 is 0 Å². The van der Waals surface area contributed by atoms with Gasteiger partial charge in [-0.25, -0.2) is 0 Å². The van der Waals surface area contributed by atoms with E-state index in [2.05, 4.69) is 103 Å². The first kappa shape index (κ1) is 15.4. The minimum absolute atomic E-state index is 1.05. The van der Waals surface area contributed by atoms with E-state index in [1.54, 1.807) is 0 Å². The Morgan fingerprint density at radius 3 is 1.84 bits per heavy atom. The van der Waals surface area contributed by atoms with Crippen LogP contribution in [0.15, 0.2) is 72.8 Å². The number of aromatic nitrogens is 1. The maximum atomic E-state index is 3.45. The van der Waals surface area contributed by atoms with E-state index >= 15 is 0 Å². The second-order valence-electron chi connectivity index (χ2n) is 6.27. The molecule has 0 N–H and O–H groups in total. The number of nitrogens with zero attached hydrogens (tertiary/aromatic N) is 1. The van der Waals surface area contributed by atoms with Crippen molar-refractivity contribution in [3.63, 3.8) is 0 Å². The van der Waals surface area contributed by atoms with Crippen molar-refractivity contribution in [3.8, 4) is 11.8 Å². The number of fused-ring (bicyclic) bond motifs is 2. The van der Waals surface area contributed by atoms with E-state index < -0.39 is 0 Å². The molecule has 0 aliphatic rings. The molecule has 0 spiro atoms. The first-order valence-electron chi connectivity index (χ1n) is 8.68. The Hall–Kier alpha value is -3.11. The molecule has 4 rings (SSSR count). The molecule has 0 amide bonds.